The van der Waals surface area contributed by atoms with Gasteiger partial charge in [0, 0.05) is 23.3 Å². The molecule has 30 heavy (non-hydrogen) atoms. The predicted octanol–water partition coefficient (Wildman–Crippen LogP) is 5.15. The Hall–Kier alpha value is -2.79. The number of nitrogens with one attached hydrogen (secondary N) is 1. The number of carbonyl (C=O) groups excluding carboxylic acids is 2. The maximum absolute atomic E-state index is 12.8. The molecule has 2 heterocycles. The van der Waals surface area contributed by atoms with Gasteiger partial charge in [-0.25, -0.2) is 4.79 Å². The van der Waals surface area contributed by atoms with Crippen LogP contribution in [0.2, 0.25) is 5.02 Å². The van der Waals surface area contributed by atoms with Crippen molar-refractivity contribution in [2.24, 2.45) is 0 Å². The van der Waals surface area contributed by atoms with E-state index in [2.05, 4.69) is 38.0 Å². The van der Waals surface area contributed by atoms with Crippen molar-refractivity contribution >= 4 is 35.3 Å². The number of imide groups is 1. The Morgan fingerprint density at radius 2 is 1.90 bits per heavy atom. The Balaban J connectivity index is 1.65. The summed E-state index contributed by atoms with van der Waals surface area (Å²) in [7, 11) is 2.08. The van der Waals surface area contributed by atoms with Gasteiger partial charge in [-0.05, 0) is 61.1 Å². The molecule has 1 N–H and O–H groups in total. The average molecular weight is 424 g/mol. The summed E-state index contributed by atoms with van der Waals surface area (Å²) in [6.07, 6.45) is 2.70. The molecule has 0 saturated carbocycles. The van der Waals surface area contributed by atoms with Crippen LogP contribution in [0.5, 0.6) is 0 Å². The molecule has 5 nitrogen and oxygen atoms in total. The molecule has 0 unspecified atom stereocenters. The molecule has 0 aliphatic carbocycles. The monoisotopic (exact) mass is 423 g/mol. The molecule has 3 amide bonds. The molecular weight excluding hydrogens is 398 g/mol. The number of urea groups is 1. The second kappa shape index (κ2) is 7.47. The van der Waals surface area contributed by atoms with E-state index in [1.807, 2.05) is 42.5 Å². The quantitative estimate of drug-likeness (QED) is 0.548. The fourth-order valence-corrected chi connectivity index (χ4v) is 4.56. The number of benzene rings is 2. The summed E-state index contributed by atoms with van der Waals surface area (Å²) in [4.78, 5) is 28.7. The van der Waals surface area contributed by atoms with Crippen LogP contribution in [0, 0.1) is 0 Å². The van der Waals surface area contributed by atoms with Crippen LogP contribution in [0.4, 0.5) is 10.5 Å². The first kappa shape index (κ1) is 20.5. The first-order valence-corrected chi connectivity index (χ1v) is 10.5. The van der Waals surface area contributed by atoms with Gasteiger partial charge in [-0.1, -0.05) is 48.9 Å². The molecule has 1 atom stereocenters. The minimum Gasteiger partial charge on any atom is -0.369 e. The summed E-state index contributed by atoms with van der Waals surface area (Å²) >= 11 is 6.59. The number of anilines is 1. The number of hydrogen-bond donors (Lipinski definition) is 1. The van der Waals surface area contributed by atoms with Crippen LogP contribution in [0.1, 0.15) is 49.8 Å². The highest BCUT2D eigenvalue weighted by Gasteiger charge is 2.36. The lowest BCUT2D eigenvalue weighted by atomic mass is 9.80. The summed E-state index contributed by atoms with van der Waals surface area (Å²) < 4.78 is 0. The molecule has 4 rings (SSSR count). The van der Waals surface area contributed by atoms with Gasteiger partial charge in [-0.15, -0.1) is 0 Å². The van der Waals surface area contributed by atoms with E-state index < -0.39 is 6.03 Å². The smallest absolute Gasteiger partial charge is 0.329 e. The molecule has 2 aromatic carbocycles. The second-order valence-corrected chi connectivity index (χ2v) is 9.18. The molecule has 0 spiro atoms. The molecule has 156 valence electrons. The Labute approximate surface area is 182 Å². The number of halogens is 1. The van der Waals surface area contributed by atoms with Gasteiger partial charge in [0.25, 0.3) is 5.91 Å². The Morgan fingerprint density at radius 3 is 2.60 bits per heavy atom. The van der Waals surface area contributed by atoms with Crippen molar-refractivity contribution < 1.29 is 9.59 Å². The Bertz CT molecular complexity index is 1050. The van der Waals surface area contributed by atoms with Crippen LogP contribution < -0.4 is 10.2 Å². The third-order valence-corrected chi connectivity index (χ3v) is 6.52. The molecule has 2 aliphatic heterocycles. The van der Waals surface area contributed by atoms with Gasteiger partial charge in [0.2, 0.25) is 0 Å². The second-order valence-electron chi connectivity index (χ2n) is 8.77. The number of amides is 3. The fraction of sp³-hybridized carbons (Fsp3) is 0.333. The highest BCUT2D eigenvalue weighted by molar-refractivity contribution is 6.32. The van der Waals surface area contributed by atoms with E-state index in [0.717, 1.165) is 23.2 Å². The van der Waals surface area contributed by atoms with E-state index in [1.165, 1.54) is 10.5 Å². The number of carbonyl (C=O) groups is 2. The van der Waals surface area contributed by atoms with Crippen LogP contribution >= 0.6 is 11.6 Å². The molecule has 2 aliphatic rings. The summed E-state index contributed by atoms with van der Waals surface area (Å²) in [6.45, 7) is 6.90. The van der Waals surface area contributed by atoms with Crippen LogP contribution in [-0.4, -0.2) is 29.4 Å². The minimum atomic E-state index is -0.418. The molecule has 0 radical (unpaired) electrons. The van der Waals surface area contributed by atoms with E-state index in [4.69, 9.17) is 11.6 Å². The zero-order valence-corrected chi connectivity index (χ0v) is 18.5. The van der Waals surface area contributed by atoms with E-state index in [9.17, 15) is 9.59 Å². The molecule has 2 aromatic rings. The van der Waals surface area contributed by atoms with Crippen molar-refractivity contribution in [2.45, 2.75) is 45.2 Å². The lowest BCUT2D eigenvalue weighted by Crippen LogP contribution is -2.45. The van der Waals surface area contributed by atoms with Crippen molar-refractivity contribution in [3.63, 3.8) is 0 Å². The SMILES string of the molecule is C[C@@H]1CC(C)(C)N(C)c2cc(Cl)c(/C=C3\NC(=O)N(Cc4ccccc4)C3=O)cc21. The van der Waals surface area contributed by atoms with Gasteiger partial charge in [-0.3, -0.25) is 9.69 Å². The van der Waals surface area contributed by atoms with Gasteiger partial charge >= 0.3 is 6.03 Å². The zero-order chi connectivity index (χ0) is 21.6. The molecular formula is C24H26ClN3O2. The Kier molecular flexibility index (Phi) is 5.10. The summed E-state index contributed by atoms with van der Waals surface area (Å²) in [5.74, 6) is 0.0213. The van der Waals surface area contributed by atoms with Crippen molar-refractivity contribution in [1.82, 2.24) is 10.2 Å². The highest BCUT2D eigenvalue weighted by atomic mass is 35.5. The van der Waals surface area contributed by atoms with Gasteiger partial charge in [0.15, 0.2) is 0 Å². The van der Waals surface area contributed by atoms with E-state index >= 15 is 0 Å². The zero-order valence-electron chi connectivity index (χ0n) is 17.7. The lowest BCUT2D eigenvalue weighted by Gasteiger charge is -2.45. The van der Waals surface area contributed by atoms with Gasteiger partial charge < -0.3 is 10.2 Å². The largest absolute Gasteiger partial charge is 0.369 e. The minimum absolute atomic E-state index is 0.0447. The molecule has 1 saturated heterocycles. The summed E-state index contributed by atoms with van der Waals surface area (Å²) in [5.41, 5.74) is 4.23. The number of hydrogen-bond acceptors (Lipinski definition) is 3. The molecule has 6 heteroatoms. The summed E-state index contributed by atoms with van der Waals surface area (Å²) in [5, 5.41) is 3.25. The number of rotatable bonds is 3. The van der Waals surface area contributed by atoms with E-state index in [0.29, 0.717) is 10.9 Å². The van der Waals surface area contributed by atoms with Crippen LogP contribution in [0.25, 0.3) is 6.08 Å². The van der Waals surface area contributed by atoms with Crippen LogP contribution in [0.15, 0.2) is 48.2 Å². The van der Waals surface area contributed by atoms with E-state index in [-0.39, 0.29) is 23.7 Å². The molecule has 1 fully saturated rings. The predicted molar refractivity (Wildman–Crippen MR) is 120 cm³/mol. The van der Waals surface area contributed by atoms with Gasteiger partial charge in [0.05, 0.1) is 6.54 Å². The van der Waals surface area contributed by atoms with Crippen molar-refractivity contribution in [3.8, 4) is 0 Å². The maximum atomic E-state index is 12.8. The highest BCUT2D eigenvalue weighted by Crippen LogP contribution is 2.44. The van der Waals surface area contributed by atoms with Crippen molar-refractivity contribution in [2.75, 3.05) is 11.9 Å². The topological polar surface area (TPSA) is 52.7 Å². The third-order valence-electron chi connectivity index (χ3n) is 6.20. The van der Waals surface area contributed by atoms with Crippen molar-refractivity contribution in [1.29, 1.82) is 0 Å². The normalized spacial score (nSPS) is 21.8. The fourth-order valence-electron chi connectivity index (χ4n) is 4.35. The Morgan fingerprint density at radius 1 is 1.20 bits per heavy atom. The van der Waals surface area contributed by atoms with Crippen LogP contribution in [0.3, 0.4) is 0 Å². The molecule has 0 aromatic heterocycles. The first-order valence-electron chi connectivity index (χ1n) is 10.1. The number of nitrogens with zero attached hydrogens (tertiary/aromatic N) is 2. The molecule has 0 bridgehead atoms. The third kappa shape index (κ3) is 3.58. The van der Waals surface area contributed by atoms with Crippen LogP contribution in [-0.2, 0) is 11.3 Å². The van der Waals surface area contributed by atoms with Gasteiger partial charge in [0.1, 0.15) is 5.70 Å². The average Bonchev–Trinajstić information content (AvgIpc) is 2.95. The van der Waals surface area contributed by atoms with Gasteiger partial charge in [-0.2, -0.15) is 0 Å². The summed E-state index contributed by atoms with van der Waals surface area (Å²) in [6, 6.07) is 13.0. The maximum Gasteiger partial charge on any atom is 0.329 e. The lowest BCUT2D eigenvalue weighted by molar-refractivity contribution is -0.123. The first-order chi connectivity index (χ1) is 14.2. The van der Waals surface area contributed by atoms with E-state index in [1.54, 1.807) is 6.08 Å². The standard InChI is InChI=1S/C24H26ClN3O2/c1-15-13-24(2,3)27(4)21-12-19(25)17(10-18(15)21)11-20-22(29)28(23(30)26-20)14-16-8-6-5-7-9-16/h5-12,15H,13-14H2,1-4H3,(H,26,30)/b20-11-/t15-/m1/s1. The number of fused-ring (bicyclic) bond motifs is 1. The van der Waals surface area contributed by atoms with Crippen molar-refractivity contribution in [3.05, 3.63) is 69.9 Å².